The second-order valence-corrected chi connectivity index (χ2v) is 4.32. The third kappa shape index (κ3) is 3.64. The number of hydrazine groups is 1. The highest BCUT2D eigenvalue weighted by Gasteiger charge is 2.12. The molecule has 0 bridgehead atoms. The Bertz CT molecular complexity index is 280. The normalized spacial score (nSPS) is 13.4. The van der Waals surface area contributed by atoms with Crippen LogP contribution in [0.1, 0.15) is 45.2 Å². The molecule has 0 fully saturated rings. The van der Waals surface area contributed by atoms with Gasteiger partial charge in [0.2, 0.25) is 0 Å². The second kappa shape index (κ2) is 5.88. The molecular weight excluding hydrogens is 188 g/mol. The van der Waals surface area contributed by atoms with Crippen LogP contribution in [0.4, 0.5) is 0 Å². The molecule has 0 aliphatic heterocycles. The average Bonchev–Trinajstić information content (AvgIpc) is 2.67. The highest BCUT2D eigenvalue weighted by molar-refractivity contribution is 5.09. The summed E-state index contributed by atoms with van der Waals surface area (Å²) in [5.74, 6) is 6.26. The Balaban J connectivity index is 2.57. The highest BCUT2D eigenvalue weighted by atomic mass is 15.3. The molecule has 1 heterocycles. The molecule has 0 aliphatic rings. The van der Waals surface area contributed by atoms with Gasteiger partial charge in [-0.25, -0.2) is 0 Å². The summed E-state index contributed by atoms with van der Waals surface area (Å²) in [6, 6.07) is 0.229. The van der Waals surface area contributed by atoms with Crippen LogP contribution in [0.2, 0.25) is 0 Å². The van der Waals surface area contributed by atoms with Crippen LogP contribution in [0.15, 0.2) is 12.4 Å². The minimum atomic E-state index is 0.229. The Labute approximate surface area is 91.8 Å². The van der Waals surface area contributed by atoms with Crippen molar-refractivity contribution in [2.24, 2.45) is 11.8 Å². The van der Waals surface area contributed by atoms with Crippen LogP contribution in [0.3, 0.4) is 0 Å². The first-order chi connectivity index (χ1) is 7.17. The van der Waals surface area contributed by atoms with Gasteiger partial charge in [-0.2, -0.15) is 5.10 Å². The molecule has 0 radical (unpaired) electrons. The Morgan fingerprint density at radius 2 is 2.20 bits per heavy atom. The number of aryl methyl sites for hydroxylation is 1. The number of nitrogens with zero attached hydrogens (tertiary/aromatic N) is 2. The third-order valence-electron chi connectivity index (χ3n) is 2.61. The molecule has 0 spiro atoms. The predicted octanol–water partition coefficient (Wildman–Crippen LogP) is 1.84. The fourth-order valence-electron chi connectivity index (χ4n) is 1.58. The van der Waals surface area contributed by atoms with Crippen molar-refractivity contribution in [3.63, 3.8) is 0 Å². The SMILES string of the molecule is CCn1cc(C(CCC(C)C)NN)cn1. The maximum atomic E-state index is 5.55. The summed E-state index contributed by atoms with van der Waals surface area (Å²) in [7, 11) is 0. The maximum Gasteiger partial charge on any atom is 0.0538 e. The van der Waals surface area contributed by atoms with Gasteiger partial charge in [-0.1, -0.05) is 13.8 Å². The van der Waals surface area contributed by atoms with Gasteiger partial charge in [0, 0.05) is 24.3 Å². The first-order valence-corrected chi connectivity index (χ1v) is 5.65. The standard InChI is InChI=1S/C11H22N4/c1-4-15-8-10(7-13-15)11(14-12)6-5-9(2)3/h7-9,11,14H,4-6,12H2,1-3H3. The van der Waals surface area contributed by atoms with Crippen molar-refractivity contribution in [2.75, 3.05) is 0 Å². The number of nitrogens with one attached hydrogen (secondary N) is 1. The Morgan fingerprint density at radius 1 is 1.47 bits per heavy atom. The lowest BCUT2D eigenvalue weighted by atomic mass is 10.0. The summed E-state index contributed by atoms with van der Waals surface area (Å²) < 4.78 is 1.93. The van der Waals surface area contributed by atoms with E-state index in [1.54, 1.807) is 0 Å². The molecule has 4 nitrogen and oxygen atoms in total. The van der Waals surface area contributed by atoms with E-state index >= 15 is 0 Å². The fraction of sp³-hybridized carbons (Fsp3) is 0.727. The minimum absolute atomic E-state index is 0.229. The van der Waals surface area contributed by atoms with E-state index in [0.717, 1.165) is 13.0 Å². The fourth-order valence-corrected chi connectivity index (χ4v) is 1.58. The van der Waals surface area contributed by atoms with Crippen LogP contribution >= 0.6 is 0 Å². The lowest BCUT2D eigenvalue weighted by Gasteiger charge is -2.15. The van der Waals surface area contributed by atoms with Gasteiger partial charge in [0.1, 0.15) is 0 Å². The summed E-state index contributed by atoms with van der Waals surface area (Å²) in [4.78, 5) is 0. The van der Waals surface area contributed by atoms with Gasteiger partial charge in [-0.15, -0.1) is 0 Å². The van der Waals surface area contributed by atoms with Crippen LogP contribution in [-0.4, -0.2) is 9.78 Å². The first kappa shape index (κ1) is 12.2. The molecule has 1 unspecified atom stereocenters. The topological polar surface area (TPSA) is 55.9 Å². The molecule has 1 atom stereocenters. The van der Waals surface area contributed by atoms with E-state index in [1.807, 2.05) is 10.9 Å². The molecule has 0 saturated carbocycles. The summed E-state index contributed by atoms with van der Waals surface area (Å²) in [5.41, 5.74) is 4.04. The number of hydrogen-bond donors (Lipinski definition) is 2. The number of aromatic nitrogens is 2. The third-order valence-corrected chi connectivity index (χ3v) is 2.61. The van der Waals surface area contributed by atoms with Gasteiger partial charge in [0.25, 0.3) is 0 Å². The van der Waals surface area contributed by atoms with Crippen molar-refractivity contribution in [3.8, 4) is 0 Å². The summed E-state index contributed by atoms with van der Waals surface area (Å²) in [6.07, 6.45) is 6.19. The van der Waals surface area contributed by atoms with Crippen LogP contribution < -0.4 is 11.3 Å². The summed E-state index contributed by atoms with van der Waals surface area (Å²) in [5, 5.41) is 4.25. The van der Waals surface area contributed by atoms with Crippen molar-refractivity contribution in [1.29, 1.82) is 0 Å². The molecule has 0 aromatic carbocycles. The van der Waals surface area contributed by atoms with Gasteiger partial charge in [0.15, 0.2) is 0 Å². The lowest BCUT2D eigenvalue weighted by Crippen LogP contribution is -2.28. The monoisotopic (exact) mass is 210 g/mol. The van der Waals surface area contributed by atoms with Gasteiger partial charge in [-0.05, 0) is 25.7 Å². The highest BCUT2D eigenvalue weighted by Crippen LogP contribution is 2.19. The van der Waals surface area contributed by atoms with Crippen molar-refractivity contribution >= 4 is 0 Å². The smallest absolute Gasteiger partial charge is 0.0538 e. The summed E-state index contributed by atoms with van der Waals surface area (Å²) >= 11 is 0. The van der Waals surface area contributed by atoms with Crippen molar-refractivity contribution in [3.05, 3.63) is 18.0 Å². The molecular formula is C11H22N4. The van der Waals surface area contributed by atoms with E-state index in [9.17, 15) is 0 Å². The maximum absolute atomic E-state index is 5.55. The molecule has 0 saturated heterocycles. The van der Waals surface area contributed by atoms with E-state index in [4.69, 9.17) is 5.84 Å². The Kier molecular flexibility index (Phi) is 4.78. The largest absolute Gasteiger partial charge is 0.273 e. The van der Waals surface area contributed by atoms with Crippen LogP contribution in [0, 0.1) is 5.92 Å². The average molecular weight is 210 g/mol. The summed E-state index contributed by atoms with van der Waals surface area (Å²) in [6.45, 7) is 7.43. The van der Waals surface area contributed by atoms with Crippen LogP contribution in [-0.2, 0) is 6.54 Å². The molecule has 15 heavy (non-hydrogen) atoms. The zero-order valence-electron chi connectivity index (χ0n) is 9.90. The number of rotatable bonds is 6. The zero-order chi connectivity index (χ0) is 11.3. The predicted molar refractivity (Wildman–Crippen MR) is 62.0 cm³/mol. The van der Waals surface area contributed by atoms with Crippen molar-refractivity contribution in [2.45, 2.75) is 46.2 Å². The molecule has 0 aliphatic carbocycles. The quantitative estimate of drug-likeness (QED) is 0.556. The molecule has 1 rings (SSSR count). The van der Waals surface area contributed by atoms with E-state index < -0.39 is 0 Å². The zero-order valence-corrected chi connectivity index (χ0v) is 9.90. The lowest BCUT2D eigenvalue weighted by molar-refractivity contribution is 0.448. The molecule has 1 aromatic heterocycles. The second-order valence-electron chi connectivity index (χ2n) is 4.32. The minimum Gasteiger partial charge on any atom is -0.273 e. The molecule has 4 heteroatoms. The van der Waals surface area contributed by atoms with Gasteiger partial charge < -0.3 is 0 Å². The molecule has 0 amide bonds. The molecule has 3 N–H and O–H groups in total. The van der Waals surface area contributed by atoms with Crippen LogP contribution in [0.5, 0.6) is 0 Å². The molecule has 1 aromatic rings. The van der Waals surface area contributed by atoms with E-state index in [-0.39, 0.29) is 6.04 Å². The first-order valence-electron chi connectivity index (χ1n) is 5.65. The molecule has 86 valence electrons. The van der Waals surface area contributed by atoms with Crippen molar-refractivity contribution < 1.29 is 0 Å². The van der Waals surface area contributed by atoms with Crippen LogP contribution in [0.25, 0.3) is 0 Å². The van der Waals surface area contributed by atoms with E-state index in [1.165, 1.54) is 12.0 Å². The van der Waals surface area contributed by atoms with Crippen molar-refractivity contribution in [1.82, 2.24) is 15.2 Å². The number of hydrogen-bond acceptors (Lipinski definition) is 3. The van der Waals surface area contributed by atoms with E-state index in [0.29, 0.717) is 5.92 Å². The van der Waals surface area contributed by atoms with Gasteiger partial charge in [0.05, 0.1) is 6.20 Å². The van der Waals surface area contributed by atoms with E-state index in [2.05, 4.69) is 37.5 Å². The Morgan fingerprint density at radius 3 is 2.67 bits per heavy atom. The Hall–Kier alpha value is -0.870. The number of nitrogens with two attached hydrogens (primary N) is 1. The van der Waals surface area contributed by atoms with Gasteiger partial charge in [-0.3, -0.25) is 16.0 Å². The van der Waals surface area contributed by atoms with Gasteiger partial charge >= 0.3 is 0 Å².